The Hall–Kier alpha value is -1.72. The molecule has 1 aromatic heterocycles. The molecule has 1 N–H and O–H groups in total. The molecule has 1 amide bonds. The number of aromatic nitrogens is 1. The van der Waals surface area contributed by atoms with Crippen molar-refractivity contribution in [1.82, 2.24) is 4.98 Å². The highest BCUT2D eigenvalue weighted by Gasteiger charge is 2.15. The molecule has 1 atom stereocenters. The standard InChI is InChI=1S/C15H15ClN2O2S/c1-10(21-12-7-5-11(20-2)6-8-12)15(19)18-13-4-3-9-17-14(13)16/h3-10H,1-2H3,(H,18,19). The molecule has 0 aliphatic heterocycles. The van der Waals surface area contributed by atoms with E-state index >= 15 is 0 Å². The first-order valence-electron chi connectivity index (χ1n) is 6.32. The highest BCUT2D eigenvalue weighted by molar-refractivity contribution is 8.00. The molecule has 0 radical (unpaired) electrons. The summed E-state index contributed by atoms with van der Waals surface area (Å²) >= 11 is 7.38. The molecular weight excluding hydrogens is 308 g/mol. The molecule has 21 heavy (non-hydrogen) atoms. The molecule has 1 unspecified atom stereocenters. The Balaban J connectivity index is 1.97. The van der Waals surface area contributed by atoms with Gasteiger partial charge in [0.25, 0.3) is 0 Å². The largest absolute Gasteiger partial charge is 0.497 e. The summed E-state index contributed by atoms with van der Waals surface area (Å²) in [5, 5.41) is 2.80. The molecule has 2 rings (SSSR count). The number of hydrogen-bond donors (Lipinski definition) is 1. The van der Waals surface area contributed by atoms with Crippen LogP contribution < -0.4 is 10.1 Å². The van der Waals surface area contributed by atoms with Gasteiger partial charge >= 0.3 is 0 Å². The molecule has 0 saturated heterocycles. The van der Waals surface area contributed by atoms with Gasteiger partial charge < -0.3 is 10.1 Å². The lowest BCUT2D eigenvalue weighted by Crippen LogP contribution is -2.22. The quantitative estimate of drug-likeness (QED) is 0.671. The summed E-state index contributed by atoms with van der Waals surface area (Å²) in [5.41, 5.74) is 0.520. The number of methoxy groups -OCH3 is 1. The molecule has 6 heteroatoms. The first-order valence-corrected chi connectivity index (χ1v) is 7.58. The third kappa shape index (κ3) is 4.37. The summed E-state index contributed by atoms with van der Waals surface area (Å²) in [6.07, 6.45) is 1.58. The van der Waals surface area contributed by atoms with Gasteiger partial charge in [-0.3, -0.25) is 4.79 Å². The summed E-state index contributed by atoms with van der Waals surface area (Å²) < 4.78 is 5.10. The van der Waals surface area contributed by atoms with E-state index in [1.54, 1.807) is 25.4 Å². The molecule has 110 valence electrons. The highest BCUT2D eigenvalue weighted by atomic mass is 35.5. The van der Waals surface area contributed by atoms with Crippen LogP contribution in [0.25, 0.3) is 0 Å². The minimum absolute atomic E-state index is 0.120. The van der Waals surface area contributed by atoms with Crippen LogP contribution in [0.5, 0.6) is 5.75 Å². The van der Waals surface area contributed by atoms with E-state index in [2.05, 4.69) is 10.3 Å². The predicted octanol–water partition coefficient (Wildman–Crippen LogP) is 3.86. The van der Waals surface area contributed by atoms with Crippen LogP contribution in [-0.2, 0) is 4.79 Å². The Labute approximate surface area is 132 Å². The van der Waals surface area contributed by atoms with Crippen molar-refractivity contribution in [2.24, 2.45) is 0 Å². The van der Waals surface area contributed by atoms with Gasteiger partial charge in [-0.1, -0.05) is 11.6 Å². The summed E-state index contributed by atoms with van der Waals surface area (Å²) in [4.78, 5) is 17.1. The number of carbonyl (C=O) groups is 1. The van der Waals surface area contributed by atoms with E-state index in [1.807, 2.05) is 31.2 Å². The molecule has 0 aliphatic rings. The zero-order valence-electron chi connectivity index (χ0n) is 11.7. The molecule has 0 bridgehead atoms. The van der Waals surface area contributed by atoms with Crippen molar-refractivity contribution >= 4 is 35.0 Å². The van der Waals surface area contributed by atoms with Crippen molar-refractivity contribution in [3.8, 4) is 5.75 Å². The number of hydrogen-bond acceptors (Lipinski definition) is 4. The fourth-order valence-corrected chi connectivity index (χ4v) is 2.66. The maximum absolute atomic E-state index is 12.1. The molecule has 0 fully saturated rings. The van der Waals surface area contributed by atoms with Crippen LogP contribution in [0.15, 0.2) is 47.5 Å². The number of amides is 1. The number of nitrogens with one attached hydrogen (secondary N) is 1. The van der Waals surface area contributed by atoms with Gasteiger partial charge in [0.2, 0.25) is 5.91 Å². The molecule has 0 saturated carbocycles. The Morgan fingerprint density at radius 3 is 2.67 bits per heavy atom. The third-order valence-corrected chi connectivity index (χ3v) is 4.17. The van der Waals surface area contributed by atoms with Gasteiger partial charge in [-0.2, -0.15) is 0 Å². The normalized spacial score (nSPS) is 11.8. The summed E-state index contributed by atoms with van der Waals surface area (Å²) in [5.74, 6) is 0.671. The van der Waals surface area contributed by atoms with Gasteiger partial charge in [0.15, 0.2) is 5.15 Å². The molecule has 0 aliphatic carbocycles. The van der Waals surface area contributed by atoms with E-state index in [0.29, 0.717) is 5.69 Å². The van der Waals surface area contributed by atoms with Crippen LogP contribution in [0.3, 0.4) is 0 Å². The number of pyridine rings is 1. The lowest BCUT2D eigenvalue weighted by atomic mass is 10.3. The van der Waals surface area contributed by atoms with Crippen LogP contribution in [0.2, 0.25) is 5.15 Å². The van der Waals surface area contributed by atoms with Crippen LogP contribution in [-0.4, -0.2) is 23.3 Å². The SMILES string of the molecule is COc1ccc(SC(C)C(=O)Nc2cccnc2Cl)cc1. The number of anilines is 1. The topological polar surface area (TPSA) is 51.2 Å². The Kier molecular flexibility index (Phi) is 5.47. The summed E-state index contributed by atoms with van der Waals surface area (Å²) in [7, 11) is 1.62. The summed E-state index contributed by atoms with van der Waals surface area (Å²) in [6.45, 7) is 1.84. The monoisotopic (exact) mass is 322 g/mol. The molecule has 1 aromatic carbocycles. The smallest absolute Gasteiger partial charge is 0.237 e. The van der Waals surface area contributed by atoms with Gasteiger partial charge in [-0.25, -0.2) is 4.98 Å². The number of halogens is 1. The van der Waals surface area contributed by atoms with Crippen LogP contribution in [0.4, 0.5) is 5.69 Å². The van der Waals surface area contributed by atoms with Crippen molar-refractivity contribution in [2.45, 2.75) is 17.1 Å². The number of benzene rings is 1. The minimum Gasteiger partial charge on any atom is -0.497 e. The van der Waals surface area contributed by atoms with Crippen molar-refractivity contribution in [3.05, 3.63) is 47.7 Å². The van der Waals surface area contributed by atoms with E-state index in [-0.39, 0.29) is 16.3 Å². The Bertz CT molecular complexity index is 619. The van der Waals surface area contributed by atoms with E-state index < -0.39 is 0 Å². The van der Waals surface area contributed by atoms with Crippen molar-refractivity contribution in [3.63, 3.8) is 0 Å². The van der Waals surface area contributed by atoms with Gasteiger partial charge in [-0.05, 0) is 43.3 Å². The summed E-state index contributed by atoms with van der Waals surface area (Å²) in [6, 6.07) is 11.0. The number of ether oxygens (including phenoxy) is 1. The predicted molar refractivity (Wildman–Crippen MR) is 86.2 cm³/mol. The molecule has 0 spiro atoms. The van der Waals surface area contributed by atoms with Crippen molar-refractivity contribution in [2.75, 3.05) is 12.4 Å². The van der Waals surface area contributed by atoms with Crippen LogP contribution in [0, 0.1) is 0 Å². The number of nitrogens with zero attached hydrogens (tertiary/aromatic N) is 1. The zero-order chi connectivity index (χ0) is 15.2. The van der Waals surface area contributed by atoms with Crippen LogP contribution >= 0.6 is 23.4 Å². The molecule has 4 nitrogen and oxygen atoms in total. The van der Waals surface area contributed by atoms with E-state index in [9.17, 15) is 4.79 Å². The Morgan fingerprint density at radius 1 is 1.33 bits per heavy atom. The molecular formula is C15H15ClN2O2S. The Morgan fingerprint density at radius 2 is 2.05 bits per heavy atom. The third-order valence-electron chi connectivity index (χ3n) is 2.76. The van der Waals surface area contributed by atoms with Gasteiger partial charge in [0, 0.05) is 11.1 Å². The first kappa shape index (κ1) is 15.7. The fourth-order valence-electron chi connectivity index (χ4n) is 1.63. The van der Waals surface area contributed by atoms with E-state index in [4.69, 9.17) is 16.3 Å². The van der Waals surface area contributed by atoms with Crippen molar-refractivity contribution in [1.29, 1.82) is 0 Å². The lowest BCUT2D eigenvalue weighted by Gasteiger charge is -2.12. The second-order valence-corrected chi connectivity index (χ2v) is 6.04. The number of rotatable bonds is 5. The maximum atomic E-state index is 12.1. The average molecular weight is 323 g/mol. The minimum atomic E-state index is -0.255. The second kappa shape index (κ2) is 7.33. The first-order chi connectivity index (χ1) is 10.1. The fraction of sp³-hybridized carbons (Fsp3) is 0.200. The molecule has 1 heterocycles. The lowest BCUT2D eigenvalue weighted by molar-refractivity contribution is -0.115. The van der Waals surface area contributed by atoms with Crippen molar-refractivity contribution < 1.29 is 9.53 Å². The van der Waals surface area contributed by atoms with E-state index in [1.165, 1.54) is 11.8 Å². The maximum Gasteiger partial charge on any atom is 0.237 e. The second-order valence-electron chi connectivity index (χ2n) is 4.27. The average Bonchev–Trinajstić information content (AvgIpc) is 2.50. The van der Waals surface area contributed by atoms with Crippen LogP contribution in [0.1, 0.15) is 6.92 Å². The van der Waals surface area contributed by atoms with Gasteiger partial charge in [0.05, 0.1) is 18.0 Å². The van der Waals surface area contributed by atoms with E-state index in [0.717, 1.165) is 10.6 Å². The zero-order valence-corrected chi connectivity index (χ0v) is 13.2. The number of carbonyl (C=O) groups excluding carboxylic acids is 1. The number of thioether (sulfide) groups is 1. The molecule has 2 aromatic rings. The highest BCUT2D eigenvalue weighted by Crippen LogP contribution is 2.26. The van der Waals surface area contributed by atoms with Gasteiger partial charge in [0.1, 0.15) is 5.75 Å². The van der Waals surface area contributed by atoms with Gasteiger partial charge in [-0.15, -0.1) is 11.8 Å².